The third-order valence-electron chi connectivity index (χ3n) is 4.02. The van der Waals surface area contributed by atoms with Gasteiger partial charge in [-0.1, -0.05) is 23.8 Å². The van der Waals surface area contributed by atoms with Gasteiger partial charge in [-0.05, 0) is 54.1 Å². The largest absolute Gasteiger partial charge is 0.326 e. The van der Waals surface area contributed by atoms with Gasteiger partial charge in [0.05, 0.1) is 5.69 Å². The highest BCUT2D eigenvalue weighted by Crippen LogP contribution is 2.16. The average Bonchev–Trinajstić information content (AvgIpc) is 3.17. The molecular weight excluding hydrogens is 330 g/mol. The van der Waals surface area contributed by atoms with Crippen molar-refractivity contribution in [2.45, 2.75) is 26.7 Å². The number of nitrogens with one attached hydrogen (secondary N) is 1. The number of anilines is 1. The molecule has 0 fully saturated rings. The van der Waals surface area contributed by atoms with Crippen molar-refractivity contribution in [2.24, 2.45) is 0 Å². The smallest absolute Gasteiger partial charge is 0.224 e. The summed E-state index contributed by atoms with van der Waals surface area (Å²) in [5.41, 5.74) is 4.00. The van der Waals surface area contributed by atoms with Crippen LogP contribution >= 0.6 is 0 Å². The van der Waals surface area contributed by atoms with Crippen molar-refractivity contribution in [3.8, 4) is 5.69 Å². The van der Waals surface area contributed by atoms with Crippen LogP contribution in [0.15, 0.2) is 48.8 Å². The number of Topliss-reactive ketones (excluding diaryl/α,β-unsaturated/α-hetero) is 1. The first-order valence-electron chi connectivity index (χ1n) is 8.26. The summed E-state index contributed by atoms with van der Waals surface area (Å²) in [6, 6.07) is 12.9. The number of tetrazole rings is 1. The zero-order chi connectivity index (χ0) is 18.5. The number of aromatic nitrogens is 4. The van der Waals surface area contributed by atoms with E-state index in [0.29, 0.717) is 11.3 Å². The summed E-state index contributed by atoms with van der Waals surface area (Å²) in [5, 5.41) is 13.8. The van der Waals surface area contributed by atoms with Crippen LogP contribution in [0.4, 0.5) is 5.69 Å². The fraction of sp³-hybridized carbons (Fsp3) is 0.211. The van der Waals surface area contributed by atoms with Crippen LogP contribution in [0.5, 0.6) is 0 Å². The number of nitrogens with zero attached hydrogens (tertiary/aromatic N) is 4. The van der Waals surface area contributed by atoms with Crippen LogP contribution in [0.2, 0.25) is 0 Å². The molecule has 0 spiro atoms. The van der Waals surface area contributed by atoms with Gasteiger partial charge in [-0.3, -0.25) is 9.59 Å². The second-order valence-corrected chi connectivity index (χ2v) is 6.09. The van der Waals surface area contributed by atoms with Gasteiger partial charge in [0.2, 0.25) is 5.91 Å². The van der Waals surface area contributed by atoms with Gasteiger partial charge < -0.3 is 5.32 Å². The summed E-state index contributed by atoms with van der Waals surface area (Å²) in [7, 11) is 0. The maximum absolute atomic E-state index is 12.4. The predicted molar refractivity (Wildman–Crippen MR) is 97.3 cm³/mol. The van der Waals surface area contributed by atoms with Crippen molar-refractivity contribution >= 4 is 17.4 Å². The summed E-state index contributed by atoms with van der Waals surface area (Å²) < 4.78 is 1.50. The third kappa shape index (κ3) is 4.18. The Balaban J connectivity index is 1.60. The summed E-state index contributed by atoms with van der Waals surface area (Å²) in [6.07, 6.45) is 1.77. The Morgan fingerprint density at radius 3 is 2.69 bits per heavy atom. The molecule has 0 bridgehead atoms. The molecule has 3 rings (SSSR count). The molecule has 0 radical (unpaired) electrons. The Bertz CT molecular complexity index is 935. The lowest BCUT2D eigenvalue weighted by Gasteiger charge is -2.08. The molecule has 3 aromatic rings. The van der Waals surface area contributed by atoms with Crippen molar-refractivity contribution in [1.29, 1.82) is 0 Å². The van der Waals surface area contributed by atoms with E-state index in [2.05, 4.69) is 20.8 Å². The lowest BCUT2D eigenvalue weighted by atomic mass is 9.99. The summed E-state index contributed by atoms with van der Waals surface area (Å²) in [4.78, 5) is 24.6. The van der Waals surface area contributed by atoms with E-state index in [-0.39, 0.29) is 24.5 Å². The minimum absolute atomic E-state index is 0.0243. The van der Waals surface area contributed by atoms with Crippen molar-refractivity contribution < 1.29 is 9.59 Å². The van der Waals surface area contributed by atoms with Gasteiger partial charge in [-0.15, -0.1) is 5.10 Å². The molecule has 0 atom stereocenters. The van der Waals surface area contributed by atoms with Gasteiger partial charge in [0, 0.05) is 24.1 Å². The highest BCUT2D eigenvalue weighted by atomic mass is 16.2. The van der Waals surface area contributed by atoms with Gasteiger partial charge in [-0.2, -0.15) is 0 Å². The molecule has 2 aromatic carbocycles. The molecule has 1 heterocycles. The first-order valence-corrected chi connectivity index (χ1v) is 8.26. The van der Waals surface area contributed by atoms with E-state index >= 15 is 0 Å². The monoisotopic (exact) mass is 349 g/mol. The lowest BCUT2D eigenvalue weighted by Crippen LogP contribution is -2.14. The number of carbonyl (C=O) groups is 2. The Labute approximate surface area is 151 Å². The second kappa shape index (κ2) is 7.69. The maximum Gasteiger partial charge on any atom is 0.224 e. The number of aryl methyl sites for hydroxylation is 2. The second-order valence-electron chi connectivity index (χ2n) is 6.09. The first kappa shape index (κ1) is 17.5. The molecule has 0 saturated heterocycles. The molecule has 0 aliphatic rings. The highest BCUT2D eigenvalue weighted by Gasteiger charge is 2.12. The Morgan fingerprint density at radius 2 is 1.92 bits per heavy atom. The molecule has 0 aliphatic heterocycles. The number of benzene rings is 2. The molecule has 132 valence electrons. The molecule has 0 saturated carbocycles. The van der Waals surface area contributed by atoms with Crippen LogP contribution in [0.1, 0.15) is 34.3 Å². The van der Waals surface area contributed by atoms with E-state index in [1.54, 1.807) is 18.2 Å². The van der Waals surface area contributed by atoms with Gasteiger partial charge >= 0.3 is 0 Å². The normalized spacial score (nSPS) is 10.5. The van der Waals surface area contributed by atoms with Crippen LogP contribution in [-0.4, -0.2) is 31.9 Å². The van der Waals surface area contributed by atoms with Gasteiger partial charge in [-0.25, -0.2) is 4.68 Å². The van der Waals surface area contributed by atoms with E-state index in [4.69, 9.17) is 0 Å². The van der Waals surface area contributed by atoms with Gasteiger partial charge in [0.25, 0.3) is 0 Å². The zero-order valence-electron chi connectivity index (χ0n) is 14.6. The number of amides is 1. The van der Waals surface area contributed by atoms with E-state index in [1.807, 2.05) is 38.1 Å². The number of hydrogen-bond donors (Lipinski definition) is 1. The number of carbonyl (C=O) groups excluding carboxylic acids is 2. The summed E-state index contributed by atoms with van der Waals surface area (Å²) in [6.45, 7) is 3.85. The standard InChI is InChI=1S/C19H19N5O2/c1-13-6-7-14(2)17(10-13)18(25)8-9-19(26)21-15-4-3-5-16(11-15)24-12-20-22-23-24/h3-7,10-12H,8-9H2,1-2H3,(H,21,26). The van der Waals surface area contributed by atoms with Gasteiger partial charge in [0.15, 0.2) is 5.78 Å². The maximum atomic E-state index is 12.4. The van der Waals surface area contributed by atoms with E-state index in [9.17, 15) is 9.59 Å². The molecule has 26 heavy (non-hydrogen) atoms. The number of ketones is 1. The average molecular weight is 349 g/mol. The Kier molecular flexibility index (Phi) is 5.17. The van der Waals surface area contributed by atoms with Crippen LogP contribution < -0.4 is 5.32 Å². The third-order valence-corrected chi connectivity index (χ3v) is 4.02. The van der Waals surface area contributed by atoms with Crippen LogP contribution in [-0.2, 0) is 4.79 Å². The minimum Gasteiger partial charge on any atom is -0.326 e. The number of rotatable bonds is 6. The molecule has 0 unspecified atom stereocenters. The topological polar surface area (TPSA) is 89.8 Å². The van der Waals surface area contributed by atoms with E-state index in [0.717, 1.165) is 16.8 Å². The summed E-state index contributed by atoms with van der Waals surface area (Å²) in [5.74, 6) is -0.235. The summed E-state index contributed by atoms with van der Waals surface area (Å²) >= 11 is 0. The fourth-order valence-corrected chi connectivity index (χ4v) is 2.63. The quantitative estimate of drug-likeness (QED) is 0.691. The van der Waals surface area contributed by atoms with Crippen LogP contribution in [0.25, 0.3) is 5.69 Å². The van der Waals surface area contributed by atoms with Gasteiger partial charge in [0.1, 0.15) is 6.33 Å². The fourth-order valence-electron chi connectivity index (χ4n) is 2.63. The SMILES string of the molecule is Cc1ccc(C)c(C(=O)CCC(=O)Nc2cccc(-n3cnnn3)c2)c1. The van der Waals surface area contributed by atoms with Crippen LogP contribution in [0.3, 0.4) is 0 Å². The minimum atomic E-state index is -0.211. The Hall–Kier alpha value is -3.35. The predicted octanol–water partition coefficient (Wildman–Crippen LogP) is 2.88. The van der Waals surface area contributed by atoms with Crippen molar-refractivity contribution in [3.63, 3.8) is 0 Å². The van der Waals surface area contributed by atoms with E-state index < -0.39 is 0 Å². The molecule has 1 amide bonds. The van der Waals surface area contributed by atoms with E-state index in [1.165, 1.54) is 11.0 Å². The first-order chi connectivity index (χ1) is 12.5. The Morgan fingerprint density at radius 1 is 1.08 bits per heavy atom. The van der Waals surface area contributed by atoms with Crippen molar-refractivity contribution in [2.75, 3.05) is 5.32 Å². The molecule has 7 heteroatoms. The highest BCUT2D eigenvalue weighted by molar-refractivity contribution is 6.01. The van der Waals surface area contributed by atoms with Crippen LogP contribution in [0, 0.1) is 13.8 Å². The number of hydrogen-bond acceptors (Lipinski definition) is 5. The molecule has 1 aromatic heterocycles. The molecular formula is C19H19N5O2. The molecule has 0 aliphatic carbocycles. The lowest BCUT2D eigenvalue weighted by molar-refractivity contribution is -0.116. The van der Waals surface area contributed by atoms with Crippen molar-refractivity contribution in [3.05, 3.63) is 65.5 Å². The molecule has 7 nitrogen and oxygen atoms in total. The molecule has 1 N–H and O–H groups in total. The van der Waals surface area contributed by atoms with Crippen molar-refractivity contribution in [1.82, 2.24) is 20.2 Å². The zero-order valence-corrected chi connectivity index (χ0v) is 14.6.